The molecule has 1 aromatic heterocycles. The zero-order valence-electron chi connectivity index (χ0n) is 20.0. The van der Waals surface area contributed by atoms with E-state index in [1.165, 1.54) is 27.9 Å². The molecular formula is C31H29N3O. The molecule has 35 heavy (non-hydrogen) atoms. The first-order valence-corrected chi connectivity index (χ1v) is 12.4. The predicted octanol–water partition coefficient (Wildman–Crippen LogP) is 5.69. The number of pyridine rings is 1. The molecule has 2 aliphatic rings. The van der Waals surface area contributed by atoms with Crippen LogP contribution in [0.3, 0.4) is 0 Å². The maximum absolute atomic E-state index is 13.7. The van der Waals surface area contributed by atoms with Crippen LogP contribution in [0.2, 0.25) is 0 Å². The van der Waals surface area contributed by atoms with Gasteiger partial charge in [0.15, 0.2) is 0 Å². The Morgan fingerprint density at radius 3 is 2.14 bits per heavy atom. The van der Waals surface area contributed by atoms with Gasteiger partial charge in [-0.2, -0.15) is 0 Å². The van der Waals surface area contributed by atoms with Crippen molar-refractivity contribution in [1.82, 2.24) is 4.98 Å². The summed E-state index contributed by atoms with van der Waals surface area (Å²) in [5, 5.41) is 0. The number of amides is 1. The number of nitrogens with zero attached hydrogens (tertiary/aromatic N) is 3. The minimum absolute atomic E-state index is 0.192. The van der Waals surface area contributed by atoms with E-state index in [0.717, 1.165) is 37.3 Å². The van der Waals surface area contributed by atoms with Crippen LogP contribution >= 0.6 is 0 Å². The Hall–Kier alpha value is -3.92. The van der Waals surface area contributed by atoms with Crippen LogP contribution in [0.1, 0.15) is 34.7 Å². The van der Waals surface area contributed by atoms with Gasteiger partial charge >= 0.3 is 0 Å². The summed E-state index contributed by atoms with van der Waals surface area (Å²) in [7, 11) is 0. The molecule has 0 unspecified atom stereocenters. The number of anilines is 2. The fourth-order valence-electron chi connectivity index (χ4n) is 5.80. The van der Waals surface area contributed by atoms with Crippen molar-refractivity contribution < 1.29 is 4.79 Å². The van der Waals surface area contributed by atoms with Gasteiger partial charge in [0.05, 0.1) is 5.41 Å². The van der Waals surface area contributed by atoms with Crippen LogP contribution in [0.25, 0.3) is 0 Å². The highest BCUT2D eigenvalue weighted by atomic mass is 16.2. The number of aromatic nitrogens is 1. The molecule has 0 fully saturated rings. The molecule has 1 aliphatic carbocycles. The van der Waals surface area contributed by atoms with E-state index < -0.39 is 5.41 Å². The monoisotopic (exact) mass is 459 g/mol. The number of fused-ring (bicyclic) bond motifs is 3. The molecule has 4 heteroatoms. The van der Waals surface area contributed by atoms with Gasteiger partial charge in [0.1, 0.15) is 5.82 Å². The number of rotatable bonds is 6. The summed E-state index contributed by atoms with van der Waals surface area (Å²) in [6.45, 7) is 4.33. The quantitative estimate of drug-likeness (QED) is 0.372. The Kier molecular flexibility index (Phi) is 5.37. The van der Waals surface area contributed by atoms with E-state index in [-0.39, 0.29) is 5.91 Å². The Morgan fingerprint density at radius 2 is 1.49 bits per heavy atom. The van der Waals surface area contributed by atoms with Crippen LogP contribution in [0.4, 0.5) is 11.5 Å². The summed E-state index contributed by atoms with van der Waals surface area (Å²) in [5.74, 6) is 1.03. The minimum atomic E-state index is -0.524. The predicted molar refractivity (Wildman–Crippen MR) is 141 cm³/mol. The van der Waals surface area contributed by atoms with Crippen LogP contribution in [0.5, 0.6) is 0 Å². The second-order valence-corrected chi connectivity index (χ2v) is 9.64. The highest BCUT2D eigenvalue weighted by molar-refractivity contribution is 6.08. The lowest BCUT2D eigenvalue weighted by molar-refractivity contribution is -0.122. The van der Waals surface area contributed by atoms with E-state index in [9.17, 15) is 4.79 Å². The van der Waals surface area contributed by atoms with Gasteiger partial charge in [-0.25, -0.2) is 4.98 Å². The standard InChI is InChI=1S/C31H29N3O/c1-2-34-29-28(14-9-17-32-29)31(30(34)35)19-25-15-16-27(18-26(25)20-31)33(21-23-10-5-3-6-11-23)22-24-12-7-4-8-13-24/h3-18H,2,19-22H2,1H3/t31-/m1/s1. The molecule has 0 saturated carbocycles. The molecule has 174 valence electrons. The third-order valence-electron chi connectivity index (χ3n) is 7.50. The SMILES string of the molecule is CCN1C(=O)[C@@]2(Cc3ccc(N(Cc4ccccc4)Cc4ccccc4)cc3C2)c2cccnc21. The lowest BCUT2D eigenvalue weighted by Gasteiger charge is -2.26. The maximum atomic E-state index is 13.7. The Labute approximate surface area is 206 Å². The zero-order valence-corrected chi connectivity index (χ0v) is 20.0. The zero-order chi connectivity index (χ0) is 23.8. The normalized spacial score (nSPS) is 18.1. The average Bonchev–Trinajstić information content (AvgIpc) is 3.40. The molecule has 1 amide bonds. The molecule has 3 aromatic carbocycles. The van der Waals surface area contributed by atoms with Crippen molar-refractivity contribution in [3.8, 4) is 0 Å². The van der Waals surface area contributed by atoms with E-state index in [1.54, 1.807) is 6.20 Å². The fourth-order valence-corrected chi connectivity index (χ4v) is 5.80. The van der Waals surface area contributed by atoms with Crippen molar-refractivity contribution in [3.05, 3.63) is 125 Å². The summed E-state index contributed by atoms with van der Waals surface area (Å²) in [6.07, 6.45) is 3.27. The van der Waals surface area contributed by atoms with Crippen molar-refractivity contribution >= 4 is 17.4 Å². The van der Waals surface area contributed by atoms with Gasteiger partial charge in [-0.1, -0.05) is 72.8 Å². The van der Waals surface area contributed by atoms with Crippen molar-refractivity contribution in [2.75, 3.05) is 16.3 Å². The van der Waals surface area contributed by atoms with Crippen LogP contribution in [0.15, 0.2) is 97.2 Å². The van der Waals surface area contributed by atoms with Crippen molar-refractivity contribution in [3.63, 3.8) is 0 Å². The fraction of sp³-hybridized carbons (Fsp3) is 0.226. The second kappa shape index (κ2) is 8.70. The highest BCUT2D eigenvalue weighted by Crippen LogP contribution is 2.49. The molecule has 0 bridgehead atoms. The summed E-state index contributed by atoms with van der Waals surface area (Å²) in [5.41, 5.74) is 6.86. The third-order valence-corrected chi connectivity index (χ3v) is 7.50. The first-order valence-electron chi connectivity index (χ1n) is 12.4. The first kappa shape index (κ1) is 21.6. The van der Waals surface area contributed by atoms with Gasteiger partial charge in [-0.05, 0) is 60.2 Å². The van der Waals surface area contributed by atoms with E-state index in [0.29, 0.717) is 6.54 Å². The van der Waals surface area contributed by atoms with E-state index in [4.69, 9.17) is 0 Å². The molecular weight excluding hydrogens is 430 g/mol. The molecule has 4 aromatic rings. The molecule has 6 rings (SSSR count). The van der Waals surface area contributed by atoms with Gasteiger partial charge in [-0.3, -0.25) is 9.69 Å². The maximum Gasteiger partial charge on any atom is 0.239 e. The van der Waals surface area contributed by atoms with E-state index in [1.807, 2.05) is 17.9 Å². The summed E-state index contributed by atoms with van der Waals surface area (Å²) in [6, 6.07) is 32.1. The van der Waals surface area contributed by atoms with Crippen LogP contribution < -0.4 is 9.80 Å². The molecule has 0 saturated heterocycles. The van der Waals surface area contributed by atoms with Crippen molar-refractivity contribution in [1.29, 1.82) is 0 Å². The van der Waals surface area contributed by atoms with Gasteiger partial charge < -0.3 is 4.90 Å². The average molecular weight is 460 g/mol. The van der Waals surface area contributed by atoms with Crippen molar-refractivity contribution in [2.45, 2.75) is 38.3 Å². The number of hydrogen-bond donors (Lipinski definition) is 0. The van der Waals surface area contributed by atoms with E-state index in [2.05, 4.69) is 94.8 Å². The number of benzene rings is 3. The lowest BCUT2D eigenvalue weighted by Crippen LogP contribution is -2.41. The first-order chi connectivity index (χ1) is 17.2. The molecule has 1 spiro atoms. The third kappa shape index (κ3) is 3.70. The smallest absolute Gasteiger partial charge is 0.239 e. The molecule has 0 radical (unpaired) electrons. The molecule has 1 aliphatic heterocycles. The van der Waals surface area contributed by atoms with E-state index >= 15 is 0 Å². The number of carbonyl (C=O) groups excluding carboxylic acids is 1. The molecule has 1 atom stereocenters. The largest absolute Gasteiger partial charge is 0.363 e. The minimum Gasteiger partial charge on any atom is -0.363 e. The van der Waals surface area contributed by atoms with Gasteiger partial charge in [0.25, 0.3) is 0 Å². The Morgan fingerprint density at radius 1 is 0.829 bits per heavy atom. The summed E-state index contributed by atoms with van der Waals surface area (Å²) < 4.78 is 0. The number of carbonyl (C=O) groups is 1. The lowest BCUT2D eigenvalue weighted by atomic mass is 9.79. The van der Waals surface area contributed by atoms with Gasteiger partial charge in [-0.15, -0.1) is 0 Å². The Balaban J connectivity index is 1.35. The van der Waals surface area contributed by atoms with Crippen LogP contribution in [0, 0.1) is 0 Å². The van der Waals surface area contributed by atoms with Crippen molar-refractivity contribution in [2.24, 2.45) is 0 Å². The highest BCUT2D eigenvalue weighted by Gasteiger charge is 2.54. The van der Waals surface area contributed by atoms with Crippen LogP contribution in [-0.4, -0.2) is 17.4 Å². The van der Waals surface area contributed by atoms with Crippen LogP contribution in [-0.2, 0) is 36.1 Å². The topological polar surface area (TPSA) is 36.4 Å². The Bertz CT molecular complexity index is 1330. The summed E-state index contributed by atoms with van der Waals surface area (Å²) in [4.78, 5) is 22.5. The number of hydrogen-bond acceptors (Lipinski definition) is 3. The van der Waals surface area contributed by atoms with Gasteiger partial charge in [0.2, 0.25) is 5.91 Å². The number of likely N-dealkylation sites (N-methyl/N-ethyl adjacent to an activating group) is 1. The molecule has 4 nitrogen and oxygen atoms in total. The molecule has 2 heterocycles. The summed E-state index contributed by atoms with van der Waals surface area (Å²) >= 11 is 0. The molecule has 0 N–H and O–H groups in total. The van der Waals surface area contributed by atoms with Gasteiger partial charge in [0, 0.05) is 37.1 Å². The second-order valence-electron chi connectivity index (χ2n) is 9.64.